The van der Waals surface area contributed by atoms with Crippen molar-refractivity contribution in [1.82, 2.24) is 19.9 Å². The van der Waals surface area contributed by atoms with Crippen LogP contribution in [-0.4, -0.2) is 46.0 Å². The quantitative estimate of drug-likeness (QED) is 0.431. The third-order valence-corrected chi connectivity index (χ3v) is 5.75. The minimum Gasteiger partial charge on any atom is -0.493 e. The van der Waals surface area contributed by atoms with Crippen LogP contribution in [0, 0.1) is 0 Å². The van der Waals surface area contributed by atoms with E-state index in [2.05, 4.69) is 19.9 Å². The van der Waals surface area contributed by atoms with E-state index in [9.17, 15) is 4.79 Å². The van der Waals surface area contributed by atoms with E-state index >= 15 is 0 Å². The molecule has 5 rings (SSSR count). The van der Waals surface area contributed by atoms with Crippen molar-refractivity contribution in [3.05, 3.63) is 84.4 Å². The molecule has 0 N–H and O–H groups in total. The Bertz CT molecular complexity index is 1310. The molecule has 0 unspecified atom stereocenters. The molecule has 3 aromatic heterocycles. The fourth-order valence-electron chi connectivity index (χ4n) is 3.99. The Hall–Kier alpha value is -4.33. The van der Waals surface area contributed by atoms with Gasteiger partial charge in [-0.2, -0.15) is 0 Å². The molecule has 34 heavy (non-hydrogen) atoms. The number of anilines is 3. The van der Waals surface area contributed by atoms with Gasteiger partial charge in [0.05, 0.1) is 17.9 Å². The first-order valence-electron chi connectivity index (χ1n) is 11.2. The minimum atomic E-state index is -0.103. The molecular formula is C26H24N6O2. The largest absolute Gasteiger partial charge is 0.493 e. The number of carbonyl (C=O) groups is 1. The highest BCUT2D eigenvalue weighted by molar-refractivity contribution is 6.12. The Morgan fingerprint density at radius 3 is 2.44 bits per heavy atom. The number of ether oxygens (including phenoxy) is 1. The molecule has 0 fully saturated rings. The lowest BCUT2D eigenvalue weighted by Crippen LogP contribution is -2.25. The van der Waals surface area contributed by atoms with E-state index in [4.69, 9.17) is 4.74 Å². The van der Waals surface area contributed by atoms with E-state index in [0.29, 0.717) is 36.8 Å². The zero-order chi connectivity index (χ0) is 23.5. The molecule has 8 heteroatoms. The normalized spacial score (nSPS) is 12.7. The maximum absolute atomic E-state index is 13.2. The van der Waals surface area contributed by atoms with Gasteiger partial charge in [0.15, 0.2) is 11.6 Å². The van der Waals surface area contributed by atoms with Crippen molar-refractivity contribution in [2.75, 3.05) is 30.0 Å². The fraction of sp³-hybridized carbons (Fsp3) is 0.192. The van der Waals surface area contributed by atoms with Crippen molar-refractivity contribution in [2.24, 2.45) is 0 Å². The zero-order valence-electron chi connectivity index (χ0n) is 19.0. The SMILES string of the molecule is CCN1c2ncc(CCOc3ccc(-c4ncccn4)cc3)cc2C(=O)N(C)c2cccnc21. The van der Waals surface area contributed by atoms with Gasteiger partial charge in [-0.1, -0.05) is 0 Å². The van der Waals surface area contributed by atoms with Gasteiger partial charge in [0.25, 0.3) is 5.91 Å². The number of rotatable bonds is 6. The average Bonchev–Trinajstić information content (AvgIpc) is 2.98. The Kier molecular flexibility index (Phi) is 5.86. The van der Waals surface area contributed by atoms with E-state index < -0.39 is 0 Å². The number of aromatic nitrogens is 4. The third kappa shape index (κ3) is 4.05. The van der Waals surface area contributed by atoms with Gasteiger partial charge in [0.2, 0.25) is 0 Å². The molecule has 0 atom stereocenters. The van der Waals surface area contributed by atoms with Crippen LogP contribution < -0.4 is 14.5 Å². The highest BCUT2D eigenvalue weighted by atomic mass is 16.5. The standard InChI is InChI=1S/C26H24N6O2/c1-3-32-24-21(26(33)31(2)22-6-4-12-29-25(22)32)16-18(17-30-24)11-15-34-20-9-7-19(8-10-20)23-27-13-5-14-28-23/h4-10,12-14,16-17H,3,11,15H2,1-2H3. The lowest BCUT2D eigenvalue weighted by Gasteiger charge is -2.22. The molecule has 0 saturated heterocycles. The van der Waals surface area contributed by atoms with Crippen LogP contribution in [-0.2, 0) is 6.42 Å². The van der Waals surface area contributed by atoms with Crippen LogP contribution in [0.4, 0.5) is 17.3 Å². The molecular weight excluding hydrogens is 428 g/mol. The van der Waals surface area contributed by atoms with Gasteiger partial charge in [0, 0.05) is 50.4 Å². The molecule has 0 aliphatic carbocycles. The zero-order valence-corrected chi connectivity index (χ0v) is 19.0. The van der Waals surface area contributed by atoms with Gasteiger partial charge in [-0.25, -0.2) is 19.9 Å². The van der Waals surface area contributed by atoms with E-state index in [1.807, 2.05) is 60.5 Å². The average molecular weight is 453 g/mol. The Balaban J connectivity index is 1.31. The van der Waals surface area contributed by atoms with Gasteiger partial charge >= 0.3 is 0 Å². The minimum absolute atomic E-state index is 0.103. The Labute approximate surface area is 197 Å². The Morgan fingerprint density at radius 2 is 1.68 bits per heavy atom. The summed E-state index contributed by atoms with van der Waals surface area (Å²) in [5.74, 6) is 2.69. The molecule has 0 spiro atoms. The van der Waals surface area contributed by atoms with E-state index in [1.165, 1.54) is 0 Å². The highest BCUT2D eigenvalue weighted by Crippen LogP contribution is 2.37. The second kappa shape index (κ2) is 9.27. The van der Waals surface area contributed by atoms with Crippen LogP contribution in [0.2, 0.25) is 0 Å². The van der Waals surface area contributed by atoms with E-state index in [-0.39, 0.29) is 5.91 Å². The van der Waals surface area contributed by atoms with Crippen molar-refractivity contribution in [3.8, 4) is 17.1 Å². The van der Waals surface area contributed by atoms with Crippen LogP contribution in [0.15, 0.2) is 73.3 Å². The van der Waals surface area contributed by atoms with Crippen molar-refractivity contribution in [3.63, 3.8) is 0 Å². The first-order valence-corrected chi connectivity index (χ1v) is 11.2. The number of amides is 1. The van der Waals surface area contributed by atoms with E-state index in [1.54, 1.807) is 36.6 Å². The summed E-state index contributed by atoms with van der Waals surface area (Å²) in [7, 11) is 1.77. The fourth-order valence-corrected chi connectivity index (χ4v) is 3.99. The van der Waals surface area contributed by atoms with E-state index in [0.717, 1.165) is 28.4 Å². The maximum Gasteiger partial charge on any atom is 0.261 e. The predicted molar refractivity (Wildman–Crippen MR) is 131 cm³/mol. The van der Waals surface area contributed by atoms with Gasteiger partial charge < -0.3 is 14.5 Å². The lowest BCUT2D eigenvalue weighted by molar-refractivity contribution is 0.0994. The topological polar surface area (TPSA) is 84.3 Å². The number of fused-ring (bicyclic) bond motifs is 2. The molecule has 1 amide bonds. The summed E-state index contributed by atoms with van der Waals surface area (Å²) in [6.45, 7) is 3.14. The van der Waals surface area contributed by atoms with Gasteiger partial charge in [-0.3, -0.25) is 4.79 Å². The number of benzene rings is 1. The van der Waals surface area contributed by atoms with Crippen molar-refractivity contribution >= 4 is 23.2 Å². The summed E-state index contributed by atoms with van der Waals surface area (Å²) in [6, 6.07) is 15.1. The summed E-state index contributed by atoms with van der Waals surface area (Å²) >= 11 is 0. The second-order valence-corrected chi connectivity index (χ2v) is 7.86. The first kappa shape index (κ1) is 21.5. The van der Waals surface area contributed by atoms with Crippen LogP contribution in [0.5, 0.6) is 5.75 Å². The number of nitrogens with zero attached hydrogens (tertiary/aromatic N) is 6. The summed E-state index contributed by atoms with van der Waals surface area (Å²) in [5, 5.41) is 0. The number of carbonyl (C=O) groups excluding carboxylic acids is 1. The second-order valence-electron chi connectivity index (χ2n) is 7.86. The monoisotopic (exact) mass is 452 g/mol. The lowest BCUT2D eigenvalue weighted by atomic mass is 10.1. The summed E-state index contributed by atoms with van der Waals surface area (Å²) in [4.78, 5) is 34.5. The summed E-state index contributed by atoms with van der Waals surface area (Å²) in [5.41, 5.74) is 3.19. The van der Waals surface area contributed by atoms with Gasteiger partial charge in [0.1, 0.15) is 11.6 Å². The molecule has 4 heterocycles. The third-order valence-electron chi connectivity index (χ3n) is 5.75. The molecule has 4 aromatic rings. The molecule has 170 valence electrons. The number of pyridine rings is 2. The van der Waals surface area contributed by atoms with Crippen LogP contribution in [0.1, 0.15) is 22.8 Å². The Morgan fingerprint density at radius 1 is 0.912 bits per heavy atom. The smallest absolute Gasteiger partial charge is 0.261 e. The van der Waals surface area contributed by atoms with Gasteiger partial charge in [-0.05, 0) is 61.0 Å². The molecule has 1 aliphatic heterocycles. The van der Waals surface area contributed by atoms with Crippen LogP contribution >= 0.6 is 0 Å². The van der Waals surface area contributed by atoms with Crippen LogP contribution in [0.25, 0.3) is 11.4 Å². The highest BCUT2D eigenvalue weighted by Gasteiger charge is 2.30. The predicted octanol–water partition coefficient (Wildman–Crippen LogP) is 4.30. The van der Waals surface area contributed by atoms with Crippen molar-refractivity contribution in [2.45, 2.75) is 13.3 Å². The summed E-state index contributed by atoms with van der Waals surface area (Å²) < 4.78 is 5.93. The molecule has 0 bridgehead atoms. The molecule has 8 nitrogen and oxygen atoms in total. The number of hydrogen-bond donors (Lipinski definition) is 0. The first-order chi connectivity index (χ1) is 16.7. The van der Waals surface area contributed by atoms with Crippen LogP contribution in [0.3, 0.4) is 0 Å². The molecule has 1 aromatic carbocycles. The summed E-state index contributed by atoms with van der Waals surface area (Å²) in [6.07, 6.45) is 7.60. The van der Waals surface area contributed by atoms with Crippen molar-refractivity contribution < 1.29 is 9.53 Å². The molecule has 0 saturated carbocycles. The molecule has 0 radical (unpaired) electrons. The maximum atomic E-state index is 13.2. The molecule has 1 aliphatic rings. The van der Waals surface area contributed by atoms with Crippen molar-refractivity contribution in [1.29, 1.82) is 0 Å². The van der Waals surface area contributed by atoms with Gasteiger partial charge in [-0.15, -0.1) is 0 Å². The number of hydrogen-bond acceptors (Lipinski definition) is 7.